The zero-order valence-corrected chi connectivity index (χ0v) is 11.6. The van der Waals surface area contributed by atoms with E-state index in [0.29, 0.717) is 22.6 Å². The monoisotopic (exact) mass is 280 g/mol. The molecular weight excluding hydrogens is 264 g/mol. The highest BCUT2D eigenvalue weighted by Gasteiger charge is 2.19. The summed E-state index contributed by atoms with van der Waals surface area (Å²) in [5.41, 5.74) is 5.83. The highest BCUT2D eigenvalue weighted by Crippen LogP contribution is 2.13. The molecule has 2 rings (SSSR count). The van der Waals surface area contributed by atoms with Gasteiger partial charge in [-0.05, 0) is 17.4 Å². The van der Waals surface area contributed by atoms with Gasteiger partial charge in [0.15, 0.2) is 0 Å². The molecule has 2 aromatic rings. The Labute approximate surface area is 114 Å². The molecule has 1 amide bonds. The van der Waals surface area contributed by atoms with E-state index in [4.69, 9.17) is 5.73 Å². The smallest absolute Gasteiger partial charge is 0.268 e. The van der Waals surface area contributed by atoms with Gasteiger partial charge < -0.3 is 10.7 Å². The first kappa shape index (κ1) is 13.7. The predicted molar refractivity (Wildman–Crippen MR) is 74.9 cm³/mol. The number of nitrogens with one attached hydrogen (secondary N) is 2. The minimum atomic E-state index is -0.441. The van der Waals surface area contributed by atoms with Gasteiger partial charge >= 0.3 is 0 Å². The number of carbonyl (C=O) groups is 1. The molecule has 0 saturated carbocycles. The predicted octanol–water partition coefficient (Wildman–Crippen LogP) is 0.584. The van der Waals surface area contributed by atoms with E-state index in [2.05, 4.69) is 15.3 Å². The van der Waals surface area contributed by atoms with Crippen molar-refractivity contribution in [1.82, 2.24) is 15.3 Å². The zero-order chi connectivity index (χ0) is 14.0. The van der Waals surface area contributed by atoms with Gasteiger partial charge in [0.2, 0.25) is 5.91 Å². The molecule has 102 valence electrons. The maximum atomic E-state index is 11.8. The molecule has 2 aromatic heterocycles. The van der Waals surface area contributed by atoms with E-state index in [1.165, 1.54) is 11.3 Å². The fourth-order valence-electron chi connectivity index (χ4n) is 1.88. The molecule has 0 fully saturated rings. The van der Waals surface area contributed by atoms with E-state index in [-0.39, 0.29) is 11.5 Å². The normalized spacial score (nSPS) is 13.0. The summed E-state index contributed by atoms with van der Waals surface area (Å²) in [4.78, 5) is 30.1. The molecule has 0 spiro atoms. The molecule has 0 aliphatic heterocycles. The van der Waals surface area contributed by atoms with Gasteiger partial charge in [-0.3, -0.25) is 14.9 Å². The van der Waals surface area contributed by atoms with Crippen molar-refractivity contribution >= 4 is 27.5 Å². The standard InChI is InChI=1S/C12H16N4O2S/c1-6(2)9(11(13)17)14-5-8-15-7-3-4-19-10(7)12(18)16-8/h3-4,6,9,14H,5H2,1-2H3,(H2,13,17)(H,15,16,18). The molecule has 0 bridgehead atoms. The summed E-state index contributed by atoms with van der Waals surface area (Å²) in [5, 5.41) is 4.84. The van der Waals surface area contributed by atoms with Crippen LogP contribution in [0.2, 0.25) is 0 Å². The highest BCUT2D eigenvalue weighted by molar-refractivity contribution is 7.17. The molecular formula is C12H16N4O2S. The highest BCUT2D eigenvalue weighted by atomic mass is 32.1. The first-order valence-electron chi connectivity index (χ1n) is 5.98. The van der Waals surface area contributed by atoms with Crippen LogP contribution in [0, 0.1) is 5.92 Å². The van der Waals surface area contributed by atoms with Crippen molar-refractivity contribution in [2.75, 3.05) is 0 Å². The second kappa shape index (κ2) is 5.50. The van der Waals surface area contributed by atoms with E-state index in [0.717, 1.165) is 0 Å². The maximum absolute atomic E-state index is 11.8. The minimum absolute atomic E-state index is 0.0779. The molecule has 1 unspecified atom stereocenters. The number of thiophene rings is 1. The second-order valence-electron chi connectivity index (χ2n) is 4.65. The first-order valence-corrected chi connectivity index (χ1v) is 6.86. The quantitative estimate of drug-likeness (QED) is 0.746. The van der Waals surface area contributed by atoms with Crippen LogP contribution >= 0.6 is 11.3 Å². The lowest BCUT2D eigenvalue weighted by molar-refractivity contribution is -0.121. The first-order chi connectivity index (χ1) is 8.99. The fourth-order valence-corrected chi connectivity index (χ4v) is 2.60. The number of rotatable bonds is 5. The van der Waals surface area contributed by atoms with Crippen molar-refractivity contribution in [1.29, 1.82) is 0 Å². The van der Waals surface area contributed by atoms with Crippen LogP contribution in [-0.4, -0.2) is 21.9 Å². The van der Waals surface area contributed by atoms with E-state index in [1.54, 1.807) is 6.07 Å². The molecule has 0 saturated heterocycles. The third-order valence-electron chi connectivity index (χ3n) is 2.83. The molecule has 19 heavy (non-hydrogen) atoms. The summed E-state index contributed by atoms with van der Waals surface area (Å²) >= 11 is 1.36. The Morgan fingerprint density at radius 1 is 1.58 bits per heavy atom. The second-order valence-corrected chi connectivity index (χ2v) is 5.57. The van der Waals surface area contributed by atoms with Crippen LogP contribution < -0.4 is 16.6 Å². The number of nitrogens with two attached hydrogens (primary N) is 1. The lowest BCUT2D eigenvalue weighted by Crippen LogP contribution is -2.44. The molecule has 7 heteroatoms. The van der Waals surface area contributed by atoms with Crippen molar-refractivity contribution in [3.63, 3.8) is 0 Å². The number of nitrogens with zero attached hydrogens (tertiary/aromatic N) is 1. The largest absolute Gasteiger partial charge is 0.368 e. The average Bonchev–Trinajstić information content (AvgIpc) is 2.76. The van der Waals surface area contributed by atoms with Crippen LogP contribution in [0.1, 0.15) is 19.7 Å². The average molecular weight is 280 g/mol. The molecule has 0 aromatic carbocycles. The van der Waals surface area contributed by atoms with Crippen LogP contribution in [-0.2, 0) is 11.3 Å². The van der Waals surface area contributed by atoms with Crippen molar-refractivity contribution in [2.45, 2.75) is 26.4 Å². The lowest BCUT2D eigenvalue weighted by atomic mass is 10.0. The Morgan fingerprint density at radius 3 is 2.95 bits per heavy atom. The van der Waals surface area contributed by atoms with Gasteiger partial charge in [0.25, 0.3) is 5.56 Å². The number of hydrogen-bond acceptors (Lipinski definition) is 5. The Kier molecular flexibility index (Phi) is 3.96. The minimum Gasteiger partial charge on any atom is -0.368 e. The topological polar surface area (TPSA) is 101 Å². The Hall–Kier alpha value is -1.73. The number of aromatic amines is 1. The fraction of sp³-hybridized carbons (Fsp3) is 0.417. The van der Waals surface area contributed by atoms with Gasteiger partial charge in [-0.2, -0.15) is 0 Å². The summed E-state index contributed by atoms with van der Waals surface area (Å²) in [6.07, 6.45) is 0. The summed E-state index contributed by atoms with van der Waals surface area (Å²) in [6, 6.07) is 1.36. The molecule has 2 heterocycles. The van der Waals surface area contributed by atoms with E-state index in [9.17, 15) is 9.59 Å². The Balaban J connectivity index is 2.17. The van der Waals surface area contributed by atoms with Gasteiger partial charge in [0.1, 0.15) is 10.5 Å². The number of amides is 1. The Morgan fingerprint density at radius 2 is 2.32 bits per heavy atom. The van der Waals surface area contributed by atoms with Crippen LogP contribution in [0.5, 0.6) is 0 Å². The summed E-state index contributed by atoms with van der Waals surface area (Å²) < 4.78 is 0.610. The van der Waals surface area contributed by atoms with Gasteiger partial charge in [-0.1, -0.05) is 13.8 Å². The zero-order valence-electron chi connectivity index (χ0n) is 10.8. The van der Waals surface area contributed by atoms with Crippen LogP contribution in [0.25, 0.3) is 10.2 Å². The summed E-state index contributed by atoms with van der Waals surface area (Å²) in [6.45, 7) is 4.11. The van der Waals surface area contributed by atoms with Crippen LogP contribution in [0.4, 0.5) is 0 Å². The number of hydrogen-bond donors (Lipinski definition) is 3. The number of primary amides is 1. The van der Waals surface area contributed by atoms with Crippen molar-refractivity contribution in [2.24, 2.45) is 11.7 Å². The molecule has 0 aliphatic rings. The molecule has 0 radical (unpaired) electrons. The maximum Gasteiger partial charge on any atom is 0.268 e. The summed E-state index contributed by atoms with van der Waals surface area (Å²) in [5.74, 6) is 0.172. The molecule has 1 atom stereocenters. The molecule has 6 nitrogen and oxygen atoms in total. The third kappa shape index (κ3) is 2.99. The van der Waals surface area contributed by atoms with E-state index in [1.807, 2.05) is 19.2 Å². The number of H-pyrrole nitrogens is 1. The number of aromatic nitrogens is 2. The lowest BCUT2D eigenvalue weighted by Gasteiger charge is -2.18. The van der Waals surface area contributed by atoms with Crippen molar-refractivity contribution in [3.8, 4) is 0 Å². The van der Waals surface area contributed by atoms with Crippen molar-refractivity contribution in [3.05, 3.63) is 27.6 Å². The van der Waals surface area contributed by atoms with E-state index < -0.39 is 11.9 Å². The Bertz CT molecular complexity index is 646. The molecule has 4 N–H and O–H groups in total. The number of carbonyl (C=O) groups excluding carboxylic acids is 1. The van der Waals surface area contributed by atoms with Crippen molar-refractivity contribution < 1.29 is 4.79 Å². The number of fused-ring (bicyclic) bond motifs is 1. The van der Waals surface area contributed by atoms with Crippen LogP contribution in [0.15, 0.2) is 16.2 Å². The van der Waals surface area contributed by atoms with Gasteiger partial charge in [-0.15, -0.1) is 11.3 Å². The molecule has 0 aliphatic carbocycles. The SMILES string of the molecule is CC(C)C(NCc1nc2ccsc2c(=O)[nH]1)C(N)=O. The summed E-state index contributed by atoms with van der Waals surface area (Å²) in [7, 11) is 0. The van der Waals surface area contributed by atoms with Gasteiger partial charge in [0, 0.05) is 0 Å². The van der Waals surface area contributed by atoms with Gasteiger partial charge in [-0.25, -0.2) is 4.98 Å². The van der Waals surface area contributed by atoms with E-state index >= 15 is 0 Å². The van der Waals surface area contributed by atoms with Crippen LogP contribution in [0.3, 0.4) is 0 Å². The third-order valence-corrected chi connectivity index (χ3v) is 3.73. The van der Waals surface area contributed by atoms with Gasteiger partial charge in [0.05, 0.1) is 18.1 Å².